The second-order valence-corrected chi connectivity index (χ2v) is 7.83. The van der Waals surface area contributed by atoms with E-state index >= 15 is 0 Å². The van der Waals surface area contributed by atoms with Crippen LogP contribution < -0.4 is 10.2 Å². The largest absolute Gasteiger partial charge is 0.357 e. The average Bonchev–Trinajstić information content (AvgIpc) is 2.71. The van der Waals surface area contributed by atoms with Crippen molar-refractivity contribution in [3.05, 3.63) is 64.7 Å². The number of carbonyl (C=O) groups is 1. The van der Waals surface area contributed by atoms with Gasteiger partial charge in [-0.1, -0.05) is 6.07 Å². The number of hydrogen-bond acceptors (Lipinski definition) is 3. The summed E-state index contributed by atoms with van der Waals surface area (Å²) in [4.78, 5) is 19.9. The van der Waals surface area contributed by atoms with Gasteiger partial charge in [-0.2, -0.15) is 0 Å². The van der Waals surface area contributed by atoms with E-state index < -0.39 is 0 Å². The second-order valence-electron chi connectivity index (χ2n) is 7.83. The van der Waals surface area contributed by atoms with Gasteiger partial charge in [0.1, 0.15) is 5.82 Å². The molecule has 1 aliphatic heterocycles. The van der Waals surface area contributed by atoms with Crippen LogP contribution >= 0.6 is 0 Å². The molecule has 0 radical (unpaired) electrons. The molecule has 0 bridgehead atoms. The van der Waals surface area contributed by atoms with Crippen LogP contribution in [0, 0.1) is 20.8 Å². The van der Waals surface area contributed by atoms with E-state index in [2.05, 4.69) is 23.2 Å². The number of rotatable bonds is 3. The zero-order chi connectivity index (χ0) is 19.7. The molecule has 1 fully saturated rings. The van der Waals surface area contributed by atoms with Crippen molar-refractivity contribution in [3.8, 4) is 0 Å². The SMILES string of the molecule is Cc1ccc(C(=O)Nc2ccc3nc(N4CCCCC4)cc(C)c3c2)cc1C. The molecule has 2 aromatic carbocycles. The lowest BCUT2D eigenvalue weighted by atomic mass is 10.1. The van der Waals surface area contributed by atoms with Crippen molar-refractivity contribution in [3.63, 3.8) is 0 Å². The van der Waals surface area contributed by atoms with Gasteiger partial charge >= 0.3 is 0 Å². The van der Waals surface area contributed by atoms with Crippen LogP contribution in [-0.2, 0) is 0 Å². The van der Waals surface area contributed by atoms with Crippen LogP contribution in [0.2, 0.25) is 0 Å². The Morgan fingerprint density at radius 3 is 2.43 bits per heavy atom. The molecule has 4 nitrogen and oxygen atoms in total. The van der Waals surface area contributed by atoms with Gasteiger partial charge < -0.3 is 10.2 Å². The zero-order valence-electron chi connectivity index (χ0n) is 16.9. The van der Waals surface area contributed by atoms with Gasteiger partial charge in [0.2, 0.25) is 0 Å². The summed E-state index contributed by atoms with van der Waals surface area (Å²) >= 11 is 0. The fraction of sp³-hybridized carbons (Fsp3) is 0.333. The maximum atomic E-state index is 12.6. The molecule has 1 amide bonds. The number of carbonyl (C=O) groups excluding carboxylic acids is 1. The number of aryl methyl sites for hydroxylation is 3. The van der Waals surface area contributed by atoms with Crippen molar-refractivity contribution in [1.82, 2.24) is 4.98 Å². The van der Waals surface area contributed by atoms with E-state index in [9.17, 15) is 4.79 Å². The zero-order valence-corrected chi connectivity index (χ0v) is 16.9. The highest BCUT2D eigenvalue weighted by Gasteiger charge is 2.14. The van der Waals surface area contributed by atoms with E-state index in [1.54, 1.807) is 0 Å². The number of pyridine rings is 1. The van der Waals surface area contributed by atoms with E-state index in [4.69, 9.17) is 4.98 Å². The number of nitrogens with one attached hydrogen (secondary N) is 1. The van der Waals surface area contributed by atoms with Gasteiger partial charge in [0, 0.05) is 29.7 Å². The molecule has 0 unspecified atom stereocenters. The Hall–Kier alpha value is -2.88. The summed E-state index contributed by atoms with van der Waals surface area (Å²) in [5.41, 5.74) is 5.95. The molecule has 0 spiro atoms. The molecule has 1 saturated heterocycles. The van der Waals surface area contributed by atoms with Crippen LogP contribution in [0.1, 0.15) is 46.3 Å². The number of nitrogens with zero attached hydrogens (tertiary/aromatic N) is 2. The van der Waals surface area contributed by atoms with Crippen molar-refractivity contribution < 1.29 is 4.79 Å². The number of anilines is 2. The number of aromatic nitrogens is 1. The molecular formula is C24H27N3O. The average molecular weight is 374 g/mol. The summed E-state index contributed by atoms with van der Waals surface area (Å²) in [7, 11) is 0. The van der Waals surface area contributed by atoms with Gasteiger partial charge in [-0.25, -0.2) is 4.98 Å². The summed E-state index contributed by atoms with van der Waals surface area (Å²) < 4.78 is 0. The fourth-order valence-corrected chi connectivity index (χ4v) is 3.83. The van der Waals surface area contributed by atoms with Crippen molar-refractivity contribution in [2.75, 3.05) is 23.3 Å². The standard InChI is InChI=1S/C24H27N3O/c1-16-7-8-19(13-17(16)2)24(28)25-20-9-10-22-21(15-20)18(3)14-23(26-22)27-11-5-4-6-12-27/h7-10,13-15H,4-6,11-12H2,1-3H3,(H,25,28). The number of amides is 1. The quantitative estimate of drug-likeness (QED) is 0.668. The summed E-state index contributed by atoms with van der Waals surface area (Å²) in [6, 6.07) is 13.9. The minimum Gasteiger partial charge on any atom is -0.357 e. The van der Waals surface area contributed by atoms with Crippen molar-refractivity contribution in [1.29, 1.82) is 0 Å². The third-order valence-corrected chi connectivity index (χ3v) is 5.71. The van der Waals surface area contributed by atoms with E-state index in [-0.39, 0.29) is 5.91 Å². The van der Waals surface area contributed by atoms with Crippen LogP contribution in [0.3, 0.4) is 0 Å². The van der Waals surface area contributed by atoms with Crippen LogP contribution in [0.4, 0.5) is 11.5 Å². The minimum absolute atomic E-state index is 0.0852. The van der Waals surface area contributed by atoms with Crippen molar-refractivity contribution in [2.24, 2.45) is 0 Å². The molecular weight excluding hydrogens is 346 g/mol. The summed E-state index contributed by atoms with van der Waals surface area (Å²) in [5, 5.41) is 4.11. The molecule has 3 aromatic rings. The van der Waals surface area contributed by atoms with Crippen LogP contribution in [0.15, 0.2) is 42.5 Å². The van der Waals surface area contributed by atoms with Crippen molar-refractivity contribution >= 4 is 28.3 Å². The molecule has 0 aliphatic carbocycles. The van der Waals surface area contributed by atoms with Crippen LogP contribution in [0.25, 0.3) is 10.9 Å². The maximum Gasteiger partial charge on any atom is 0.255 e. The number of hydrogen-bond donors (Lipinski definition) is 1. The molecule has 144 valence electrons. The normalized spacial score (nSPS) is 14.3. The molecule has 0 saturated carbocycles. The van der Waals surface area contributed by atoms with E-state index in [0.29, 0.717) is 5.56 Å². The van der Waals surface area contributed by atoms with Gasteiger partial charge in [-0.15, -0.1) is 0 Å². The monoisotopic (exact) mass is 373 g/mol. The predicted molar refractivity (Wildman–Crippen MR) is 116 cm³/mol. The topological polar surface area (TPSA) is 45.2 Å². The second kappa shape index (κ2) is 7.63. The molecule has 1 aromatic heterocycles. The number of fused-ring (bicyclic) bond motifs is 1. The fourth-order valence-electron chi connectivity index (χ4n) is 3.83. The predicted octanol–water partition coefficient (Wildman–Crippen LogP) is 5.40. The van der Waals surface area contributed by atoms with Crippen molar-refractivity contribution in [2.45, 2.75) is 40.0 Å². The smallest absolute Gasteiger partial charge is 0.255 e. The first-order valence-electron chi connectivity index (χ1n) is 10.1. The van der Waals surface area contributed by atoms with Gasteiger partial charge in [0.15, 0.2) is 0 Å². The van der Waals surface area contributed by atoms with Gasteiger partial charge in [-0.3, -0.25) is 4.79 Å². The molecule has 1 aliphatic rings. The highest BCUT2D eigenvalue weighted by Crippen LogP contribution is 2.27. The third-order valence-electron chi connectivity index (χ3n) is 5.71. The molecule has 1 N–H and O–H groups in total. The summed E-state index contributed by atoms with van der Waals surface area (Å²) in [5.74, 6) is 0.981. The van der Waals surface area contributed by atoms with E-state index in [1.807, 2.05) is 50.2 Å². The first kappa shape index (κ1) is 18.5. The Labute approximate surface area is 166 Å². The van der Waals surface area contributed by atoms with E-state index in [0.717, 1.165) is 41.1 Å². The lowest BCUT2D eigenvalue weighted by Crippen LogP contribution is -2.30. The number of benzene rings is 2. The first-order chi connectivity index (χ1) is 13.5. The highest BCUT2D eigenvalue weighted by molar-refractivity contribution is 6.05. The molecule has 28 heavy (non-hydrogen) atoms. The van der Waals surface area contributed by atoms with E-state index in [1.165, 1.54) is 30.4 Å². The summed E-state index contributed by atoms with van der Waals surface area (Å²) in [6.07, 6.45) is 3.79. The summed E-state index contributed by atoms with van der Waals surface area (Å²) in [6.45, 7) is 8.36. The molecule has 2 heterocycles. The molecule has 4 heteroatoms. The Morgan fingerprint density at radius 1 is 0.893 bits per heavy atom. The third kappa shape index (κ3) is 3.72. The maximum absolute atomic E-state index is 12.6. The van der Waals surface area contributed by atoms with Crippen LogP contribution in [0.5, 0.6) is 0 Å². The molecule has 0 atom stereocenters. The van der Waals surface area contributed by atoms with Crippen LogP contribution in [-0.4, -0.2) is 24.0 Å². The number of piperidine rings is 1. The van der Waals surface area contributed by atoms with Gasteiger partial charge in [0.25, 0.3) is 5.91 Å². The lowest BCUT2D eigenvalue weighted by Gasteiger charge is -2.28. The lowest BCUT2D eigenvalue weighted by molar-refractivity contribution is 0.102. The highest BCUT2D eigenvalue weighted by atomic mass is 16.1. The van der Waals surface area contributed by atoms with Gasteiger partial charge in [-0.05, 0) is 93.1 Å². The molecule has 4 rings (SSSR count). The Balaban J connectivity index is 1.59. The Kier molecular flexibility index (Phi) is 5.03. The minimum atomic E-state index is -0.0852. The first-order valence-corrected chi connectivity index (χ1v) is 10.1. The Bertz CT molecular complexity index is 1040. The van der Waals surface area contributed by atoms with Gasteiger partial charge in [0.05, 0.1) is 5.52 Å². The Morgan fingerprint density at radius 2 is 1.68 bits per heavy atom.